The number of piperazine rings is 1. The van der Waals surface area contributed by atoms with E-state index in [2.05, 4.69) is 10.2 Å². The number of halogens is 1. The van der Waals surface area contributed by atoms with Crippen LogP contribution in [-0.2, 0) is 4.74 Å². The van der Waals surface area contributed by atoms with Gasteiger partial charge >= 0.3 is 6.09 Å². The molecule has 25 heavy (non-hydrogen) atoms. The highest BCUT2D eigenvalue weighted by molar-refractivity contribution is 6.33. The number of hydrogen-bond acceptors (Lipinski definition) is 6. The number of ether oxygens (including phenoxy) is 1. The molecule has 130 valence electrons. The van der Waals surface area contributed by atoms with E-state index in [1.54, 1.807) is 30.0 Å². The minimum Gasteiger partial charge on any atom is -0.450 e. The normalized spacial score (nSPS) is 13.4. The monoisotopic (exact) mass is 359 g/mol. The number of allylic oxidation sites excluding steroid dienone is 1. The maximum atomic E-state index is 11.7. The van der Waals surface area contributed by atoms with Gasteiger partial charge in [-0.25, -0.2) is 4.79 Å². The second kappa shape index (κ2) is 8.81. The zero-order valence-corrected chi connectivity index (χ0v) is 14.6. The van der Waals surface area contributed by atoms with Gasteiger partial charge in [0.1, 0.15) is 17.7 Å². The second-order valence-corrected chi connectivity index (χ2v) is 5.67. The van der Waals surface area contributed by atoms with Crippen LogP contribution in [0.2, 0.25) is 5.02 Å². The Morgan fingerprint density at radius 1 is 1.32 bits per heavy atom. The quantitative estimate of drug-likeness (QED) is 0.831. The summed E-state index contributed by atoms with van der Waals surface area (Å²) in [4.78, 5) is 15.5. The van der Waals surface area contributed by atoms with Gasteiger partial charge in [0.05, 0.1) is 17.3 Å². The van der Waals surface area contributed by atoms with E-state index in [4.69, 9.17) is 26.9 Å². The van der Waals surface area contributed by atoms with Crippen LogP contribution in [0.25, 0.3) is 0 Å². The van der Waals surface area contributed by atoms with Gasteiger partial charge < -0.3 is 19.9 Å². The van der Waals surface area contributed by atoms with Crippen molar-refractivity contribution in [2.24, 2.45) is 0 Å². The van der Waals surface area contributed by atoms with Crippen molar-refractivity contribution in [1.29, 1.82) is 10.5 Å². The highest BCUT2D eigenvalue weighted by Crippen LogP contribution is 2.29. The molecule has 0 saturated carbocycles. The molecule has 0 spiro atoms. The van der Waals surface area contributed by atoms with Crippen molar-refractivity contribution in [3.05, 3.63) is 35.0 Å². The van der Waals surface area contributed by atoms with Crippen molar-refractivity contribution in [3.63, 3.8) is 0 Å². The third-order valence-corrected chi connectivity index (χ3v) is 4.02. The minimum atomic E-state index is -0.287. The largest absolute Gasteiger partial charge is 0.450 e. The summed E-state index contributed by atoms with van der Waals surface area (Å²) in [7, 11) is 0. The summed E-state index contributed by atoms with van der Waals surface area (Å²) in [5.41, 5.74) is 1.54. The summed E-state index contributed by atoms with van der Waals surface area (Å²) in [5, 5.41) is 20.9. The molecule has 1 aliphatic heterocycles. The Morgan fingerprint density at radius 2 is 2.00 bits per heavy atom. The lowest BCUT2D eigenvalue weighted by molar-refractivity contribution is 0.105. The van der Waals surface area contributed by atoms with Crippen molar-refractivity contribution in [3.8, 4) is 12.1 Å². The summed E-state index contributed by atoms with van der Waals surface area (Å²) in [6, 6.07) is 8.98. The zero-order valence-electron chi connectivity index (χ0n) is 13.8. The van der Waals surface area contributed by atoms with Gasteiger partial charge in [-0.1, -0.05) is 11.6 Å². The van der Waals surface area contributed by atoms with E-state index in [0.29, 0.717) is 43.5 Å². The van der Waals surface area contributed by atoms with Crippen LogP contribution in [0.1, 0.15) is 6.92 Å². The first-order valence-corrected chi connectivity index (χ1v) is 8.20. The number of carbonyl (C=O) groups excluding carboxylic acids is 1. The molecule has 0 aromatic heterocycles. The molecule has 1 aromatic carbocycles. The molecule has 1 heterocycles. The van der Waals surface area contributed by atoms with Crippen LogP contribution in [0.4, 0.5) is 16.2 Å². The molecule has 1 amide bonds. The van der Waals surface area contributed by atoms with Gasteiger partial charge in [-0.3, -0.25) is 0 Å². The number of benzene rings is 1. The van der Waals surface area contributed by atoms with Gasteiger partial charge in [-0.15, -0.1) is 0 Å². The average molecular weight is 360 g/mol. The maximum Gasteiger partial charge on any atom is 0.409 e. The molecular formula is C17H18ClN5O2. The Morgan fingerprint density at radius 3 is 2.56 bits per heavy atom. The maximum absolute atomic E-state index is 11.7. The topological polar surface area (TPSA) is 92.4 Å². The van der Waals surface area contributed by atoms with Crippen molar-refractivity contribution >= 4 is 29.1 Å². The fourth-order valence-corrected chi connectivity index (χ4v) is 2.74. The minimum absolute atomic E-state index is 0.0183. The Labute approximate surface area is 151 Å². The van der Waals surface area contributed by atoms with Crippen molar-refractivity contribution in [2.45, 2.75) is 6.92 Å². The van der Waals surface area contributed by atoms with E-state index < -0.39 is 0 Å². The molecule has 8 heteroatoms. The fourth-order valence-electron chi connectivity index (χ4n) is 2.44. The van der Waals surface area contributed by atoms with Crippen LogP contribution >= 0.6 is 11.6 Å². The second-order valence-electron chi connectivity index (χ2n) is 5.27. The summed E-state index contributed by atoms with van der Waals surface area (Å²) >= 11 is 6.36. The molecule has 1 fully saturated rings. The van der Waals surface area contributed by atoms with Gasteiger partial charge in [-0.05, 0) is 25.1 Å². The summed E-state index contributed by atoms with van der Waals surface area (Å²) in [6.07, 6.45) is 1.05. The standard InChI is InChI=1S/C17H18ClN5O2/c1-2-25-17(24)23-7-5-22(6-8-23)16-4-3-14(9-15(16)18)21-12-13(10-19)11-20/h3-4,9,12,21H,2,5-8H2,1H3. The Kier molecular flexibility index (Phi) is 6.50. The molecule has 7 nitrogen and oxygen atoms in total. The van der Waals surface area contributed by atoms with Crippen LogP contribution in [-0.4, -0.2) is 43.8 Å². The molecule has 1 aromatic rings. The number of carbonyl (C=O) groups is 1. The van der Waals surface area contributed by atoms with Gasteiger partial charge in [0.2, 0.25) is 0 Å². The number of anilines is 2. The van der Waals surface area contributed by atoms with Gasteiger partial charge in [0, 0.05) is 38.1 Å². The van der Waals surface area contributed by atoms with Crippen molar-refractivity contribution in [1.82, 2.24) is 4.90 Å². The summed E-state index contributed by atoms with van der Waals surface area (Å²) in [5.74, 6) is 0. The Hall–Kier alpha value is -2.90. The number of rotatable bonds is 4. The molecule has 0 bridgehead atoms. The third-order valence-electron chi connectivity index (χ3n) is 3.72. The highest BCUT2D eigenvalue weighted by atomic mass is 35.5. The number of amides is 1. The molecule has 0 aliphatic carbocycles. The predicted molar refractivity (Wildman–Crippen MR) is 95.2 cm³/mol. The summed E-state index contributed by atoms with van der Waals surface area (Å²) in [6.45, 7) is 4.63. The van der Waals surface area contributed by atoms with E-state index in [1.807, 2.05) is 12.1 Å². The number of nitrogens with zero attached hydrogens (tertiary/aromatic N) is 4. The number of hydrogen-bond donors (Lipinski definition) is 1. The highest BCUT2D eigenvalue weighted by Gasteiger charge is 2.23. The first-order valence-electron chi connectivity index (χ1n) is 7.82. The molecular weight excluding hydrogens is 342 g/mol. The number of nitrogens with one attached hydrogen (secondary N) is 1. The van der Waals surface area contributed by atoms with Gasteiger partial charge in [0.25, 0.3) is 0 Å². The Bertz CT molecular complexity index is 726. The van der Waals surface area contributed by atoms with E-state index in [0.717, 1.165) is 5.69 Å². The smallest absolute Gasteiger partial charge is 0.409 e. The fraction of sp³-hybridized carbons (Fsp3) is 0.353. The van der Waals surface area contributed by atoms with E-state index in [1.165, 1.54) is 6.20 Å². The van der Waals surface area contributed by atoms with Crippen molar-refractivity contribution in [2.75, 3.05) is 43.0 Å². The lowest BCUT2D eigenvalue weighted by Gasteiger charge is -2.35. The van der Waals surface area contributed by atoms with E-state index >= 15 is 0 Å². The van der Waals surface area contributed by atoms with Crippen molar-refractivity contribution < 1.29 is 9.53 Å². The number of nitriles is 2. The lowest BCUT2D eigenvalue weighted by atomic mass is 10.2. The lowest BCUT2D eigenvalue weighted by Crippen LogP contribution is -2.49. The molecule has 1 N–H and O–H groups in total. The van der Waals surface area contributed by atoms with Crippen LogP contribution in [0.15, 0.2) is 30.0 Å². The first kappa shape index (κ1) is 18.4. The third kappa shape index (κ3) is 4.79. The molecule has 0 unspecified atom stereocenters. The summed E-state index contributed by atoms with van der Waals surface area (Å²) < 4.78 is 5.01. The molecule has 1 saturated heterocycles. The predicted octanol–water partition coefficient (Wildman–Crippen LogP) is 2.96. The molecule has 1 aliphatic rings. The van der Waals surface area contributed by atoms with Crippen LogP contribution in [0.5, 0.6) is 0 Å². The van der Waals surface area contributed by atoms with Crippen LogP contribution in [0, 0.1) is 22.7 Å². The Balaban J connectivity index is 2.00. The first-order chi connectivity index (χ1) is 12.1. The molecule has 0 radical (unpaired) electrons. The van der Waals surface area contributed by atoms with Gasteiger partial charge in [-0.2, -0.15) is 10.5 Å². The van der Waals surface area contributed by atoms with Crippen LogP contribution < -0.4 is 10.2 Å². The average Bonchev–Trinajstić information content (AvgIpc) is 2.63. The van der Waals surface area contributed by atoms with E-state index in [9.17, 15) is 4.79 Å². The van der Waals surface area contributed by atoms with Crippen LogP contribution in [0.3, 0.4) is 0 Å². The van der Waals surface area contributed by atoms with Gasteiger partial charge in [0.15, 0.2) is 0 Å². The SMILES string of the molecule is CCOC(=O)N1CCN(c2ccc(NC=C(C#N)C#N)cc2Cl)CC1. The van der Waals surface area contributed by atoms with E-state index in [-0.39, 0.29) is 11.7 Å². The zero-order chi connectivity index (χ0) is 18.2. The molecule has 0 atom stereocenters. The molecule has 2 rings (SSSR count).